The third-order valence-electron chi connectivity index (χ3n) is 5.56. The molecule has 33 heavy (non-hydrogen) atoms. The van der Waals surface area contributed by atoms with Gasteiger partial charge >= 0.3 is 0 Å². The fourth-order valence-corrected chi connectivity index (χ4v) is 3.82. The fourth-order valence-electron chi connectivity index (χ4n) is 3.82. The van der Waals surface area contributed by atoms with Gasteiger partial charge in [-0.1, -0.05) is 48.5 Å². The van der Waals surface area contributed by atoms with E-state index in [1.54, 1.807) is 17.0 Å². The average Bonchev–Trinajstić information content (AvgIpc) is 3.07. The van der Waals surface area contributed by atoms with Gasteiger partial charge in [0.2, 0.25) is 5.91 Å². The molecule has 0 bridgehead atoms. The van der Waals surface area contributed by atoms with Crippen LogP contribution in [0.15, 0.2) is 84.9 Å². The largest absolute Gasteiger partial charge is 0.484 e. The summed E-state index contributed by atoms with van der Waals surface area (Å²) < 4.78 is 11.5. The van der Waals surface area contributed by atoms with E-state index in [0.717, 1.165) is 24.2 Å². The molecule has 0 radical (unpaired) electrons. The van der Waals surface area contributed by atoms with E-state index in [9.17, 15) is 9.59 Å². The summed E-state index contributed by atoms with van der Waals surface area (Å²) in [5.41, 5.74) is 0.917. The molecule has 0 aliphatic carbocycles. The second kappa shape index (κ2) is 11.2. The minimum Gasteiger partial charge on any atom is -0.484 e. The van der Waals surface area contributed by atoms with Crippen molar-refractivity contribution in [1.29, 1.82) is 0 Å². The lowest BCUT2D eigenvalue weighted by Crippen LogP contribution is -2.49. The van der Waals surface area contributed by atoms with E-state index in [0.29, 0.717) is 31.0 Å². The molecular weight excluding hydrogens is 416 g/mol. The third-order valence-corrected chi connectivity index (χ3v) is 5.56. The summed E-state index contributed by atoms with van der Waals surface area (Å²) in [6.45, 7) is 0.840. The van der Waals surface area contributed by atoms with E-state index in [4.69, 9.17) is 9.47 Å². The monoisotopic (exact) mass is 444 g/mol. The topological polar surface area (TPSA) is 67.9 Å². The Kier molecular flexibility index (Phi) is 7.59. The van der Waals surface area contributed by atoms with Crippen LogP contribution in [0.5, 0.6) is 17.2 Å². The number of benzene rings is 3. The molecule has 6 nitrogen and oxygen atoms in total. The molecule has 1 N–H and O–H groups in total. The first-order chi connectivity index (χ1) is 16.2. The maximum absolute atomic E-state index is 13.2. The molecule has 1 saturated heterocycles. The molecule has 2 amide bonds. The number of carbonyl (C=O) groups excluding carboxylic acids is 2. The van der Waals surface area contributed by atoms with Crippen LogP contribution in [0.1, 0.15) is 24.8 Å². The maximum atomic E-state index is 13.2. The predicted octanol–water partition coefficient (Wildman–Crippen LogP) is 4.56. The van der Waals surface area contributed by atoms with Gasteiger partial charge in [-0.2, -0.15) is 0 Å². The molecule has 1 aliphatic rings. The van der Waals surface area contributed by atoms with Crippen molar-refractivity contribution in [2.24, 2.45) is 0 Å². The molecule has 1 aliphatic heterocycles. The van der Waals surface area contributed by atoms with E-state index < -0.39 is 6.04 Å². The zero-order chi connectivity index (χ0) is 22.9. The lowest BCUT2D eigenvalue weighted by molar-refractivity contribution is -0.142. The zero-order valence-electron chi connectivity index (χ0n) is 18.5. The van der Waals surface area contributed by atoms with Crippen molar-refractivity contribution in [2.45, 2.75) is 31.8 Å². The Morgan fingerprint density at radius 1 is 0.848 bits per heavy atom. The van der Waals surface area contributed by atoms with Crippen molar-refractivity contribution in [1.82, 2.24) is 10.2 Å². The van der Waals surface area contributed by atoms with Crippen LogP contribution < -0.4 is 14.8 Å². The van der Waals surface area contributed by atoms with Crippen molar-refractivity contribution in [2.75, 3.05) is 13.2 Å². The summed E-state index contributed by atoms with van der Waals surface area (Å²) >= 11 is 0. The van der Waals surface area contributed by atoms with Crippen LogP contribution in [0.25, 0.3) is 0 Å². The first kappa shape index (κ1) is 22.4. The van der Waals surface area contributed by atoms with E-state index in [1.807, 2.05) is 72.8 Å². The minimum atomic E-state index is -0.514. The summed E-state index contributed by atoms with van der Waals surface area (Å²) in [5, 5.41) is 2.93. The third kappa shape index (κ3) is 6.35. The van der Waals surface area contributed by atoms with Crippen LogP contribution in [0.4, 0.5) is 0 Å². The highest BCUT2D eigenvalue weighted by Crippen LogP contribution is 2.23. The molecule has 4 rings (SSSR count). The highest BCUT2D eigenvalue weighted by molar-refractivity contribution is 5.88. The molecule has 170 valence electrons. The molecule has 1 heterocycles. The maximum Gasteiger partial charge on any atom is 0.261 e. The van der Waals surface area contributed by atoms with Crippen molar-refractivity contribution in [3.05, 3.63) is 90.5 Å². The number of para-hydroxylation sites is 2. The summed E-state index contributed by atoms with van der Waals surface area (Å²) in [6, 6.07) is 25.9. The lowest BCUT2D eigenvalue weighted by atomic mass is 10.1. The quantitative estimate of drug-likeness (QED) is 0.553. The van der Waals surface area contributed by atoms with Gasteiger partial charge in [-0.3, -0.25) is 9.59 Å². The normalized spacial score (nSPS) is 15.8. The highest BCUT2D eigenvalue weighted by atomic mass is 16.5. The minimum absolute atomic E-state index is 0.107. The number of ether oxygens (including phenoxy) is 2. The first-order valence-electron chi connectivity index (χ1n) is 11.3. The Hall–Kier alpha value is -3.80. The van der Waals surface area contributed by atoms with Crippen molar-refractivity contribution >= 4 is 11.8 Å². The molecule has 0 saturated carbocycles. The number of nitrogens with zero attached hydrogens (tertiary/aromatic N) is 1. The van der Waals surface area contributed by atoms with Crippen molar-refractivity contribution in [3.63, 3.8) is 0 Å². The Labute approximate surface area is 194 Å². The molecule has 0 spiro atoms. The molecule has 0 aromatic heterocycles. The van der Waals surface area contributed by atoms with Crippen LogP contribution in [-0.2, 0) is 16.1 Å². The number of amides is 2. The van der Waals surface area contributed by atoms with Crippen LogP contribution in [0, 0.1) is 0 Å². The molecule has 6 heteroatoms. The van der Waals surface area contributed by atoms with Crippen LogP contribution >= 0.6 is 0 Å². The Bertz CT molecular complexity index is 1040. The Morgan fingerprint density at radius 3 is 2.18 bits per heavy atom. The lowest BCUT2D eigenvalue weighted by Gasteiger charge is -2.30. The van der Waals surface area contributed by atoms with E-state index >= 15 is 0 Å². The summed E-state index contributed by atoms with van der Waals surface area (Å²) in [6.07, 6.45) is 2.44. The number of hydrogen-bond acceptors (Lipinski definition) is 4. The second-order valence-corrected chi connectivity index (χ2v) is 7.99. The molecule has 1 atom stereocenters. The molecule has 0 unspecified atom stereocenters. The number of nitrogens with one attached hydrogen (secondary N) is 1. The number of hydrogen-bond donors (Lipinski definition) is 1. The Morgan fingerprint density at radius 2 is 1.48 bits per heavy atom. The summed E-state index contributed by atoms with van der Waals surface area (Å²) in [5.74, 6) is 1.77. The van der Waals surface area contributed by atoms with Crippen LogP contribution in [-0.4, -0.2) is 35.9 Å². The predicted molar refractivity (Wildman–Crippen MR) is 126 cm³/mol. The first-order valence-corrected chi connectivity index (χ1v) is 11.3. The average molecular weight is 445 g/mol. The van der Waals surface area contributed by atoms with Gasteiger partial charge < -0.3 is 19.7 Å². The fraction of sp³-hybridized carbons (Fsp3) is 0.259. The van der Waals surface area contributed by atoms with Gasteiger partial charge in [-0.25, -0.2) is 0 Å². The van der Waals surface area contributed by atoms with Gasteiger partial charge in [0.15, 0.2) is 6.61 Å². The van der Waals surface area contributed by atoms with Gasteiger partial charge in [0, 0.05) is 13.1 Å². The van der Waals surface area contributed by atoms with Crippen LogP contribution in [0.2, 0.25) is 0 Å². The Balaban J connectivity index is 1.47. The summed E-state index contributed by atoms with van der Waals surface area (Å²) in [4.78, 5) is 27.5. The smallest absolute Gasteiger partial charge is 0.261 e. The molecule has 3 aromatic rings. The molecule has 1 fully saturated rings. The standard InChI is InChI=1S/C27H28N2O4/c30-26(20-32-22-9-3-1-4-10-22)29(25-13-7-8-18-28-27(25)31)19-21-14-16-24(17-15-21)33-23-11-5-2-6-12-23/h1-6,9-12,14-17,25H,7-8,13,18-20H2,(H,28,31)/t25-/m0/s1. The van der Waals surface area contributed by atoms with Gasteiger partial charge in [0.05, 0.1) is 0 Å². The highest BCUT2D eigenvalue weighted by Gasteiger charge is 2.31. The molecular formula is C27H28N2O4. The number of rotatable bonds is 8. The van der Waals surface area contributed by atoms with Crippen molar-refractivity contribution in [3.8, 4) is 17.2 Å². The van der Waals surface area contributed by atoms with Gasteiger partial charge in [0.1, 0.15) is 23.3 Å². The van der Waals surface area contributed by atoms with Gasteiger partial charge in [-0.05, 0) is 61.2 Å². The zero-order valence-corrected chi connectivity index (χ0v) is 18.5. The van der Waals surface area contributed by atoms with E-state index in [-0.39, 0.29) is 18.4 Å². The van der Waals surface area contributed by atoms with Gasteiger partial charge in [-0.15, -0.1) is 0 Å². The number of carbonyl (C=O) groups is 2. The van der Waals surface area contributed by atoms with Gasteiger partial charge in [0.25, 0.3) is 5.91 Å². The van der Waals surface area contributed by atoms with Crippen LogP contribution in [0.3, 0.4) is 0 Å². The van der Waals surface area contributed by atoms with E-state index in [1.165, 1.54) is 0 Å². The summed E-state index contributed by atoms with van der Waals surface area (Å²) in [7, 11) is 0. The second-order valence-electron chi connectivity index (χ2n) is 7.99. The molecule has 3 aromatic carbocycles. The van der Waals surface area contributed by atoms with E-state index in [2.05, 4.69) is 5.32 Å². The SMILES string of the molecule is O=C1NCCCC[C@@H]1N(Cc1ccc(Oc2ccccc2)cc1)C(=O)COc1ccccc1. The van der Waals surface area contributed by atoms with Crippen molar-refractivity contribution < 1.29 is 19.1 Å².